The fourth-order valence-corrected chi connectivity index (χ4v) is 6.63. The van der Waals surface area contributed by atoms with Gasteiger partial charge in [-0.25, -0.2) is 0 Å². The van der Waals surface area contributed by atoms with E-state index in [0.29, 0.717) is 32.9 Å². The molecule has 0 saturated carbocycles. The second kappa shape index (κ2) is 11.1. The van der Waals surface area contributed by atoms with Gasteiger partial charge in [0.15, 0.2) is 5.58 Å². The SMILES string of the molecule is O=c1c2cc(-c3ccccc3)ccc2oc2c1ccc1oc3ccc(-c4cc(-c5ccccc5)cc(-c5ccccc5)c4)cc3c(=O)c12. The Balaban J connectivity index is 1.25. The zero-order chi connectivity index (χ0) is 32.2. The van der Waals surface area contributed by atoms with E-state index in [-0.39, 0.29) is 21.8 Å². The van der Waals surface area contributed by atoms with Crippen LogP contribution < -0.4 is 10.9 Å². The van der Waals surface area contributed by atoms with Crippen molar-refractivity contribution in [3.8, 4) is 44.5 Å². The van der Waals surface area contributed by atoms with Gasteiger partial charge in [-0.2, -0.15) is 0 Å². The predicted molar refractivity (Wildman–Crippen MR) is 195 cm³/mol. The molecule has 0 saturated heterocycles. The quantitative estimate of drug-likeness (QED) is 0.145. The number of rotatable bonds is 4. The molecule has 0 radical (unpaired) electrons. The number of hydrogen-bond donors (Lipinski definition) is 0. The summed E-state index contributed by atoms with van der Waals surface area (Å²) >= 11 is 0. The highest BCUT2D eigenvalue weighted by molar-refractivity contribution is 6.08. The molecular weight excluding hydrogens is 592 g/mol. The van der Waals surface area contributed by atoms with Crippen LogP contribution in [0, 0.1) is 0 Å². The van der Waals surface area contributed by atoms with E-state index in [4.69, 9.17) is 8.83 Å². The molecule has 48 heavy (non-hydrogen) atoms. The molecule has 0 aliphatic carbocycles. The van der Waals surface area contributed by atoms with E-state index < -0.39 is 0 Å². The lowest BCUT2D eigenvalue weighted by atomic mass is 9.93. The van der Waals surface area contributed by atoms with Crippen LogP contribution in [-0.2, 0) is 0 Å². The molecule has 0 fully saturated rings. The van der Waals surface area contributed by atoms with Crippen molar-refractivity contribution in [1.82, 2.24) is 0 Å². The molecule has 7 aromatic carbocycles. The van der Waals surface area contributed by atoms with E-state index in [0.717, 1.165) is 44.5 Å². The third kappa shape index (κ3) is 4.62. The normalized spacial score (nSPS) is 11.5. The molecule has 9 aromatic rings. The second-order valence-electron chi connectivity index (χ2n) is 12.0. The van der Waals surface area contributed by atoms with E-state index in [9.17, 15) is 9.59 Å². The molecule has 0 aliphatic rings. The van der Waals surface area contributed by atoms with Crippen molar-refractivity contribution in [2.75, 3.05) is 0 Å². The lowest BCUT2D eigenvalue weighted by Gasteiger charge is -2.12. The molecule has 4 nitrogen and oxygen atoms in total. The van der Waals surface area contributed by atoms with E-state index in [1.807, 2.05) is 97.1 Å². The molecule has 226 valence electrons. The van der Waals surface area contributed by atoms with Gasteiger partial charge in [0.25, 0.3) is 0 Å². The molecule has 0 N–H and O–H groups in total. The van der Waals surface area contributed by atoms with Crippen LogP contribution in [0.3, 0.4) is 0 Å². The van der Waals surface area contributed by atoms with Gasteiger partial charge in [-0.1, -0.05) is 103 Å². The van der Waals surface area contributed by atoms with Crippen LogP contribution in [-0.4, -0.2) is 0 Å². The first-order valence-corrected chi connectivity index (χ1v) is 15.8. The maximum atomic E-state index is 14.3. The van der Waals surface area contributed by atoms with Crippen LogP contribution in [0.4, 0.5) is 0 Å². The van der Waals surface area contributed by atoms with Gasteiger partial charge in [0, 0.05) is 0 Å². The van der Waals surface area contributed by atoms with Crippen molar-refractivity contribution in [3.63, 3.8) is 0 Å². The van der Waals surface area contributed by atoms with Gasteiger partial charge in [0.05, 0.1) is 16.2 Å². The zero-order valence-electron chi connectivity index (χ0n) is 25.6. The summed E-state index contributed by atoms with van der Waals surface area (Å²) in [5.74, 6) is 0. The number of benzene rings is 7. The Bertz CT molecular complexity index is 2740. The lowest BCUT2D eigenvalue weighted by molar-refractivity contribution is 0.649. The van der Waals surface area contributed by atoms with Gasteiger partial charge < -0.3 is 8.83 Å². The van der Waals surface area contributed by atoms with Gasteiger partial charge in [-0.05, 0) is 99.1 Å². The Hall–Kier alpha value is -6.52. The van der Waals surface area contributed by atoms with Crippen LogP contribution >= 0.6 is 0 Å². The maximum absolute atomic E-state index is 14.3. The van der Waals surface area contributed by atoms with Crippen LogP contribution in [0.1, 0.15) is 0 Å². The zero-order valence-corrected chi connectivity index (χ0v) is 25.6. The van der Waals surface area contributed by atoms with Gasteiger partial charge in [-0.15, -0.1) is 0 Å². The minimum atomic E-state index is -0.246. The number of fused-ring (bicyclic) bond motifs is 5. The second-order valence-corrected chi connectivity index (χ2v) is 12.0. The minimum absolute atomic E-state index is 0.189. The fraction of sp³-hybridized carbons (Fsp3) is 0. The van der Waals surface area contributed by atoms with Gasteiger partial charge >= 0.3 is 0 Å². The third-order valence-corrected chi connectivity index (χ3v) is 9.06. The molecular formula is C44H26O4. The summed E-state index contributed by atoms with van der Waals surface area (Å²) in [5, 5.41) is 1.47. The van der Waals surface area contributed by atoms with Crippen LogP contribution in [0.5, 0.6) is 0 Å². The summed E-state index contributed by atoms with van der Waals surface area (Å²) in [6.45, 7) is 0. The van der Waals surface area contributed by atoms with E-state index in [1.54, 1.807) is 18.2 Å². The smallest absolute Gasteiger partial charge is 0.204 e. The Morgan fingerprint density at radius 1 is 0.312 bits per heavy atom. The average Bonchev–Trinajstić information content (AvgIpc) is 3.15. The molecule has 0 atom stereocenters. The van der Waals surface area contributed by atoms with Crippen molar-refractivity contribution in [2.24, 2.45) is 0 Å². The van der Waals surface area contributed by atoms with E-state index >= 15 is 0 Å². The van der Waals surface area contributed by atoms with Crippen molar-refractivity contribution >= 4 is 43.9 Å². The summed E-state index contributed by atoms with van der Waals surface area (Å²) in [6, 6.07) is 51.6. The molecule has 2 heterocycles. The Kier molecular flexibility index (Phi) is 6.41. The Morgan fingerprint density at radius 2 is 0.750 bits per heavy atom. The lowest BCUT2D eigenvalue weighted by Crippen LogP contribution is -2.07. The molecule has 2 aromatic heterocycles. The maximum Gasteiger partial charge on any atom is 0.204 e. The highest BCUT2D eigenvalue weighted by Gasteiger charge is 2.18. The van der Waals surface area contributed by atoms with Gasteiger partial charge in [0.1, 0.15) is 22.1 Å². The molecule has 0 unspecified atom stereocenters. The Morgan fingerprint density at radius 3 is 1.31 bits per heavy atom. The topological polar surface area (TPSA) is 60.4 Å². The first-order chi connectivity index (χ1) is 23.6. The van der Waals surface area contributed by atoms with E-state index in [1.165, 1.54) is 0 Å². The average molecular weight is 619 g/mol. The van der Waals surface area contributed by atoms with Crippen molar-refractivity contribution in [2.45, 2.75) is 0 Å². The predicted octanol–water partition coefficient (Wildman–Crippen LogP) is 10.9. The third-order valence-electron chi connectivity index (χ3n) is 9.06. The fourth-order valence-electron chi connectivity index (χ4n) is 6.63. The molecule has 0 spiro atoms. The van der Waals surface area contributed by atoms with Crippen molar-refractivity contribution in [1.29, 1.82) is 0 Å². The van der Waals surface area contributed by atoms with Crippen molar-refractivity contribution in [3.05, 3.63) is 178 Å². The standard InChI is InChI=1S/C44H26O4/c45-42-35-18-21-40-41(44(35)48-39-20-16-30(25-36(39)42)27-10-4-1-5-11-27)43(46)37-26-31(17-19-38(37)47-40)34-23-32(28-12-6-2-7-13-28)22-33(24-34)29-14-8-3-9-15-29/h1-26H. The highest BCUT2D eigenvalue weighted by Crippen LogP contribution is 2.35. The largest absolute Gasteiger partial charge is 0.456 e. The number of hydrogen-bond acceptors (Lipinski definition) is 4. The summed E-state index contributed by atoms with van der Waals surface area (Å²) in [4.78, 5) is 28.2. The monoisotopic (exact) mass is 618 g/mol. The van der Waals surface area contributed by atoms with Crippen LogP contribution in [0.25, 0.3) is 88.4 Å². The molecule has 9 rings (SSSR count). The Labute approximate surface area is 274 Å². The first kappa shape index (κ1) is 27.8. The molecule has 0 aliphatic heterocycles. The first-order valence-electron chi connectivity index (χ1n) is 15.8. The van der Waals surface area contributed by atoms with Crippen molar-refractivity contribution < 1.29 is 8.83 Å². The minimum Gasteiger partial charge on any atom is -0.456 e. The summed E-state index contributed by atoms with van der Waals surface area (Å²) < 4.78 is 12.6. The van der Waals surface area contributed by atoms with Gasteiger partial charge in [0.2, 0.25) is 10.9 Å². The molecule has 0 amide bonds. The summed E-state index contributed by atoms with van der Waals surface area (Å²) in [6.07, 6.45) is 0. The molecule has 4 heteroatoms. The van der Waals surface area contributed by atoms with E-state index in [2.05, 4.69) is 42.5 Å². The summed E-state index contributed by atoms with van der Waals surface area (Å²) in [7, 11) is 0. The highest BCUT2D eigenvalue weighted by atomic mass is 16.3. The van der Waals surface area contributed by atoms with Gasteiger partial charge in [-0.3, -0.25) is 9.59 Å². The van der Waals surface area contributed by atoms with Crippen LogP contribution in [0.2, 0.25) is 0 Å². The van der Waals surface area contributed by atoms with Crippen LogP contribution in [0.15, 0.2) is 176 Å². The summed E-state index contributed by atoms with van der Waals surface area (Å²) in [5.41, 5.74) is 9.18. The molecule has 0 bridgehead atoms.